The van der Waals surface area contributed by atoms with Crippen molar-refractivity contribution in [3.63, 3.8) is 0 Å². The lowest BCUT2D eigenvalue weighted by molar-refractivity contribution is -0.118. The van der Waals surface area contributed by atoms with Crippen LogP contribution in [0.5, 0.6) is 11.5 Å². The zero-order valence-corrected chi connectivity index (χ0v) is 21.9. The van der Waals surface area contributed by atoms with Gasteiger partial charge < -0.3 is 9.47 Å². The van der Waals surface area contributed by atoms with E-state index in [9.17, 15) is 4.79 Å². The monoisotopic (exact) mass is 536 g/mol. The Hall–Kier alpha value is -3.34. The molecule has 0 aliphatic heterocycles. The quantitative estimate of drug-likeness (QED) is 0.142. The minimum atomic E-state index is -0.223. The van der Waals surface area contributed by atoms with Crippen molar-refractivity contribution in [3.8, 4) is 11.5 Å². The second kappa shape index (κ2) is 13.7. The summed E-state index contributed by atoms with van der Waals surface area (Å²) in [7, 11) is 1.60. The normalized spacial score (nSPS) is 10.9. The number of thioether (sulfide) groups is 2. The third-order valence-electron chi connectivity index (χ3n) is 4.75. The van der Waals surface area contributed by atoms with Gasteiger partial charge in [0.25, 0.3) is 5.91 Å². The second-order valence-electron chi connectivity index (χ2n) is 7.37. The zero-order chi connectivity index (χ0) is 25.0. The summed E-state index contributed by atoms with van der Waals surface area (Å²) in [4.78, 5) is 12.2. The standard InChI is InChI=1S/C26H24N4O3S3/c1-32-22-13-12-21(14-23(22)33-16-19-8-4-2-5-9-19)15-27-28-24(31)18-35-26-30-29-25(36-26)34-17-20-10-6-3-7-11-20/h2-15H,16-18H2,1H3,(H,28,31). The maximum Gasteiger partial charge on any atom is 0.250 e. The predicted molar refractivity (Wildman–Crippen MR) is 146 cm³/mol. The largest absolute Gasteiger partial charge is 0.493 e. The molecule has 1 aromatic heterocycles. The van der Waals surface area contributed by atoms with Crippen LogP contribution in [0, 0.1) is 0 Å². The molecule has 184 valence electrons. The first-order chi connectivity index (χ1) is 17.7. The Kier molecular flexibility index (Phi) is 9.78. The number of nitrogens with one attached hydrogen (secondary N) is 1. The topological polar surface area (TPSA) is 85.7 Å². The van der Waals surface area contributed by atoms with Crippen LogP contribution < -0.4 is 14.9 Å². The van der Waals surface area contributed by atoms with Gasteiger partial charge >= 0.3 is 0 Å². The summed E-state index contributed by atoms with van der Waals surface area (Å²) in [6, 6.07) is 25.6. The van der Waals surface area contributed by atoms with E-state index in [4.69, 9.17) is 9.47 Å². The maximum absolute atomic E-state index is 12.2. The maximum atomic E-state index is 12.2. The van der Waals surface area contributed by atoms with Crippen LogP contribution in [0.2, 0.25) is 0 Å². The van der Waals surface area contributed by atoms with Crippen LogP contribution in [0.1, 0.15) is 16.7 Å². The molecule has 0 fully saturated rings. The van der Waals surface area contributed by atoms with Crippen LogP contribution in [0.25, 0.3) is 0 Å². The number of carbonyl (C=O) groups is 1. The summed E-state index contributed by atoms with van der Waals surface area (Å²) in [5.74, 6) is 2.04. The highest BCUT2D eigenvalue weighted by Gasteiger charge is 2.09. The van der Waals surface area contributed by atoms with Crippen LogP contribution >= 0.6 is 34.9 Å². The highest BCUT2D eigenvalue weighted by atomic mass is 32.2. The average Bonchev–Trinajstić information content (AvgIpc) is 3.39. The van der Waals surface area contributed by atoms with E-state index in [0.29, 0.717) is 18.1 Å². The van der Waals surface area contributed by atoms with E-state index < -0.39 is 0 Å². The van der Waals surface area contributed by atoms with E-state index in [1.807, 2.05) is 66.7 Å². The fourth-order valence-corrected chi connectivity index (χ4v) is 5.76. The van der Waals surface area contributed by atoms with Crippen molar-refractivity contribution >= 4 is 47.0 Å². The second-order valence-corrected chi connectivity index (χ2v) is 10.8. The van der Waals surface area contributed by atoms with Crippen LogP contribution in [0.4, 0.5) is 0 Å². The van der Waals surface area contributed by atoms with Gasteiger partial charge in [0.05, 0.1) is 19.1 Å². The Morgan fingerprint density at radius 1 is 0.944 bits per heavy atom. The van der Waals surface area contributed by atoms with Crippen molar-refractivity contribution < 1.29 is 14.3 Å². The van der Waals surface area contributed by atoms with Crippen LogP contribution in [-0.2, 0) is 17.2 Å². The summed E-state index contributed by atoms with van der Waals surface area (Å²) < 4.78 is 12.9. The SMILES string of the molecule is COc1ccc(C=NNC(=O)CSc2nnc(SCc3ccccc3)s2)cc1OCc1ccccc1. The third kappa shape index (κ3) is 8.11. The first kappa shape index (κ1) is 25.7. The van der Waals surface area contributed by atoms with Gasteiger partial charge in [-0.1, -0.05) is 95.5 Å². The molecule has 1 N–H and O–H groups in total. The molecule has 0 unspecified atom stereocenters. The highest BCUT2D eigenvalue weighted by molar-refractivity contribution is 8.03. The Bertz CT molecular complexity index is 1280. The fourth-order valence-electron chi connectivity index (χ4n) is 2.99. The number of methoxy groups -OCH3 is 1. The summed E-state index contributed by atoms with van der Waals surface area (Å²) in [5, 5.41) is 12.4. The van der Waals surface area contributed by atoms with E-state index >= 15 is 0 Å². The number of nitrogens with zero attached hydrogens (tertiary/aromatic N) is 3. The van der Waals surface area contributed by atoms with E-state index in [1.165, 1.54) is 28.7 Å². The van der Waals surface area contributed by atoms with Crippen molar-refractivity contribution in [2.45, 2.75) is 21.0 Å². The molecular formula is C26H24N4O3S3. The first-order valence-corrected chi connectivity index (χ1v) is 13.8. The smallest absolute Gasteiger partial charge is 0.250 e. The molecule has 1 heterocycles. The molecule has 0 aliphatic carbocycles. The molecule has 0 spiro atoms. The molecule has 3 aromatic carbocycles. The van der Waals surface area contributed by atoms with E-state index in [1.54, 1.807) is 25.1 Å². The molecule has 0 atom stereocenters. The van der Waals surface area contributed by atoms with Crippen molar-refractivity contribution in [3.05, 3.63) is 95.6 Å². The molecule has 0 bridgehead atoms. The molecule has 0 aliphatic rings. The number of benzene rings is 3. The predicted octanol–water partition coefficient (Wildman–Crippen LogP) is 5.66. The van der Waals surface area contributed by atoms with Crippen molar-refractivity contribution in [2.24, 2.45) is 5.10 Å². The molecule has 7 nitrogen and oxygen atoms in total. The van der Waals surface area contributed by atoms with E-state index in [2.05, 4.69) is 32.9 Å². The summed E-state index contributed by atoms with van der Waals surface area (Å²) in [6.07, 6.45) is 1.57. The molecule has 0 radical (unpaired) electrons. The summed E-state index contributed by atoms with van der Waals surface area (Å²) in [5.41, 5.74) is 5.61. The fraction of sp³-hybridized carbons (Fsp3) is 0.154. The Labute approximate surface area is 222 Å². The number of hydrogen-bond donors (Lipinski definition) is 1. The Morgan fingerprint density at radius 3 is 2.36 bits per heavy atom. The van der Waals surface area contributed by atoms with Crippen LogP contribution in [0.15, 0.2) is 92.6 Å². The lowest BCUT2D eigenvalue weighted by Crippen LogP contribution is -2.19. The van der Waals surface area contributed by atoms with Gasteiger partial charge in [0, 0.05) is 5.75 Å². The number of rotatable bonds is 12. The first-order valence-electron chi connectivity index (χ1n) is 11.0. The Morgan fingerprint density at radius 2 is 1.64 bits per heavy atom. The van der Waals surface area contributed by atoms with Crippen molar-refractivity contribution in [1.29, 1.82) is 0 Å². The lowest BCUT2D eigenvalue weighted by Gasteiger charge is -2.11. The van der Waals surface area contributed by atoms with Gasteiger partial charge in [-0.15, -0.1) is 10.2 Å². The molecule has 36 heavy (non-hydrogen) atoms. The number of amides is 1. The van der Waals surface area contributed by atoms with Gasteiger partial charge in [-0.05, 0) is 34.9 Å². The third-order valence-corrected chi connectivity index (χ3v) is 8.01. The van der Waals surface area contributed by atoms with Crippen molar-refractivity contribution in [1.82, 2.24) is 15.6 Å². The molecular weight excluding hydrogens is 513 g/mol. The number of carbonyl (C=O) groups excluding carboxylic acids is 1. The molecule has 1 amide bonds. The number of aromatic nitrogens is 2. The van der Waals surface area contributed by atoms with E-state index in [-0.39, 0.29) is 11.7 Å². The van der Waals surface area contributed by atoms with Gasteiger partial charge in [-0.3, -0.25) is 4.79 Å². The molecule has 0 saturated carbocycles. The van der Waals surface area contributed by atoms with Crippen LogP contribution in [0.3, 0.4) is 0 Å². The van der Waals surface area contributed by atoms with E-state index in [0.717, 1.165) is 25.6 Å². The number of hydrazone groups is 1. The summed E-state index contributed by atoms with van der Waals surface area (Å²) >= 11 is 4.45. The number of hydrogen-bond acceptors (Lipinski definition) is 9. The van der Waals surface area contributed by atoms with Gasteiger partial charge in [0.1, 0.15) is 6.61 Å². The van der Waals surface area contributed by atoms with Crippen LogP contribution in [-0.4, -0.2) is 35.2 Å². The molecule has 0 saturated heterocycles. The number of ether oxygens (including phenoxy) is 2. The minimum absolute atomic E-state index is 0.198. The average molecular weight is 537 g/mol. The summed E-state index contributed by atoms with van der Waals surface area (Å²) in [6.45, 7) is 0.420. The Balaban J connectivity index is 1.23. The van der Waals surface area contributed by atoms with Gasteiger partial charge in [0.2, 0.25) is 0 Å². The minimum Gasteiger partial charge on any atom is -0.493 e. The zero-order valence-electron chi connectivity index (χ0n) is 19.5. The van der Waals surface area contributed by atoms with Crippen molar-refractivity contribution in [2.75, 3.05) is 12.9 Å². The molecule has 4 aromatic rings. The lowest BCUT2D eigenvalue weighted by atomic mass is 10.2. The van der Waals surface area contributed by atoms with Gasteiger partial charge in [0.15, 0.2) is 20.2 Å². The van der Waals surface area contributed by atoms with Gasteiger partial charge in [-0.2, -0.15) is 5.10 Å². The molecule has 4 rings (SSSR count). The van der Waals surface area contributed by atoms with Gasteiger partial charge in [-0.25, -0.2) is 5.43 Å². The highest BCUT2D eigenvalue weighted by Crippen LogP contribution is 2.31. The molecule has 10 heteroatoms.